The standard InChI is InChI=1S/C12H19N3O.2ClH/c1-8(2)11(13)12(16)15-7-10-5-4-9(3)14-6-10;;/h4-6,8,11H,7,13H2,1-3H3,(H,15,16);2*1H/t11-;;/m0../s1. The molecular weight excluding hydrogens is 273 g/mol. The van der Waals surface area contributed by atoms with Crippen molar-refractivity contribution in [1.82, 2.24) is 10.3 Å². The molecule has 0 spiro atoms. The van der Waals surface area contributed by atoms with E-state index in [1.807, 2.05) is 32.9 Å². The van der Waals surface area contributed by atoms with E-state index in [1.165, 1.54) is 0 Å². The summed E-state index contributed by atoms with van der Waals surface area (Å²) in [4.78, 5) is 15.7. The summed E-state index contributed by atoms with van der Waals surface area (Å²) >= 11 is 0. The Hall–Kier alpha value is -0.840. The zero-order chi connectivity index (χ0) is 12.1. The molecule has 1 rings (SSSR count). The molecule has 0 bridgehead atoms. The van der Waals surface area contributed by atoms with Crippen molar-refractivity contribution in [3.8, 4) is 0 Å². The summed E-state index contributed by atoms with van der Waals surface area (Å²) in [6.07, 6.45) is 1.76. The van der Waals surface area contributed by atoms with Crippen LogP contribution in [0.1, 0.15) is 25.1 Å². The lowest BCUT2D eigenvalue weighted by atomic mass is 10.1. The molecule has 1 heterocycles. The van der Waals surface area contributed by atoms with Gasteiger partial charge in [0.2, 0.25) is 5.91 Å². The largest absolute Gasteiger partial charge is 0.351 e. The van der Waals surface area contributed by atoms with Crippen LogP contribution in [0.25, 0.3) is 0 Å². The molecule has 0 aliphatic rings. The van der Waals surface area contributed by atoms with Crippen molar-refractivity contribution < 1.29 is 4.79 Å². The molecule has 1 amide bonds. The Morgan fingerprint density at radius 1 is 1.39 bits per heavy atom. The van der Waals surface area contributed by atoms with Crippen molar-refractivity contribution in [2.24, 2.45) is 11.7 Å². The highest BCUT2D eigenvalue weighted by Crippen LogP contribution is 2.01. The fraction of sp³-hybridized carbons (Fsp3) is 0.500. The topological polar surface area (TPSA) is 68.0 Å². The number of rotatable bonds is 4. The van der Waals surface area contributed by atoms with Crippen molar-refractivity contribution in [1.29, 1.82) is 0 Å². The number of hydrogen-bond donors (Lipinski definition) is 2. The summed E-state index contributed by atoms with van der Waals surface area (Å²) in [6.45, 7) is 6.26. The summed E-state index contributed by atoms with van der Waals surface area (Å²) in [5, 5.41) is 2.80. The molecule has 0 saturated heterocycles. The number of aryl methyl sites for hydroxylation is 1. The molecule has 104 valence electrons. The number of pyridine rings is 1. The van der Waals surface area contributed by atoms with E-state index in [4.69, 9.17) is 5.73 Å². The van der Waals surface area contributed by atoms with Gasteiger partial charge in [-0.05, 0) is 24.5 Å². The minimum atomic E-state index is -0.446. The third kappa shape index (κ3) is 6.19. The fourth-order valence-electron chi connectivity index (χ4n) is 1.21. The molecule has 0 aliphatic heterocycles. The van der Waals surface area contributed by atoms with Crippen molar-refractivity contribution in [3.63, 3.8) is 0 Å². The van der Waals surface area contributed by atoms with Gasteiger partial charge in [-0.3, -0.25) is 9.78 Å². The number of halogens is 2. The average molecular weight is 294 g/mol. The third-order valence-corrected chi connectivity index (χ3v) is 2.46. The molecule has 0 aliphatic carbocycles. The lowest BCUT2D eigenvalue weighted by Crippen LogP contribution is -2.43. The van der Waals surface area contributed by atoms with Gasteiger partial charge in [0.15, 0.2) is 0 Å². The predicted octanol–water partition coefficient (Wildman–Crippen LogP) is 1.83. The van der Waals surface area contributed by atoms with Gasteiger partial charge in [-0.25, -0.2) is 0 Å². The predicted molar refractivity (Wildman–Crippen MR) is 78.1 cm³/mol. The van der Waals surface area contributed by atoms with Gasteiger partial charge in [-0.1, -0.05) is 19.9 Å². The Kier molecular flexibility index (Phi) is 9.90. The van der Waals surface area contributed by atoms with Crippen molar-refractivity contribution in [3.05, 3.63) is 29.6 Å². The van der Waals surface area contributed by atoms with E-state index in [0.29, 0.717) is 6.54 Å². The molecule has 0 radical (unpaired) electrons. The molecule has 18 heavy (non-hydrogen) atoms. The number of amides is 1. The van der Waals surface area contributed by atoms with Crippen LogP contribution in [0, 0.1) is 12.8 Å². The number of nitrogens with one attached hydrogen (secondary N) is 1. The Balaban J connectivity index is 0. The first kappa shape index (κ1) is 19.5. The highest BCUT2D eigenvalue weighted by atomic mass is 35.5. The van der Waals surface area contributed by atoms with Crippen LogP contribution in [0.3, 0.4) is 0 Å². The zero-order valence-electron chi connectivity index (χ0n) is 10.8. The maximum Gasteiger partial charge on any atom is 0.237 e. The van der Waals surface area contributed by atoms with Gasteiger partial charge in [-0.15, -0.1) is 24.8 Å². The summed E-state index contributed by atoms with van der Waals surface area (Å²) in [6, 6.07) is 3.42. The molecule has 3 N–H and O–H groups in total. The van der Waals surface area contributed by atoms with Gasteiger partial charge >= 0.3 is 0 Å². The van der Waals surface area contributed by atoms with E-state index in [1.54, 1.807) is 6.20 Å². The minimum absolute atomic E-state index is 0. The first-order chi connectivity index (χ1) is 7.50. The van der Waals surface area contributed by atoms with Gasteiger partial charge < -0.3 is 11.1 Å². The number of nitrogens with zero attached hydrogens (tertiary/aromatic N) is 1. The van der Waals surface area contributed by atoms with E-state index in [9.17, 15) is 4.79 Å². The lowest BCUT2D eigenvalue weighted by Gasteiger charge is -2.15. The zero-order valence-corrected chi connectivity index (χ0v) is 12.5. The fourth-order valence-corrected chi connectivity index (χ4v) is 1.21. The molecule has 1 atom stereocenters. The molecule has 0 unspecified atom stereocenters. The second-order valence-electron chi connectivity index (χ2n) is 4.30. The van der Waals surface area contributed by atoms with Crippen LogP contribution < -0.4 is 11.1 Å². The summed E-state index contributed by atoms with van der Waals surface area (Å²) in [5.41, 5.74) is 7.67. The Morgan fingerprint density at radius 3 is 2.44 bits per heavy atom. The van der Waals surface area contributed by atoms with Crippen LogP contribution in [0.2, 0.25) is 0 Å². The summed E-state index contributed by atoms with van der Waals surface area (Å²) < 4.78 is 0. The second kappa shape index (κ2) is 9.14. The van der Waals surface area contributed by atoms with Gasteiger partial charge in [0.25, 0.3) is 0 Å². The smallest absolute Gasteiger partial charge is 0.237 e. The molecule has 0 aromatic carbocycles. The van der Waals surface area contributed by atoms with Crippen molar-refractivity contribution >= 4 is 30.7 Å². The third-order valence-electron chi connectivity index (χ3n) is 2.46. The first-order valence-corrected chi connectivity index (χ1v) is 5.45. The van der Waals surface area contributed by atoms with Gasteiger partial charge in [-0.2, -0.15) is 0 Å². The Morgan fingerprint density at radius 2 is 2.00 bits per heavy atom. The van der Waals surface area contributed by atoms with Crippen LogP contribution in [-0.2, 0) is 11.3 Å². The van der Waals surface area contributed by atoms with E-state index < -0.39 is 6.04 Å². The number of carbonyl (C=O) groups is 1. The number of aromatic nitrogens is 1. The van der Waals surface area contributed by atoms with Gasteiger partial charge in [0, 0.05) is 18.4 Å². The van der Waals surface area contributed by atoms with Crippen LogP contribution in [0.4, 0.5) is 0 Å². The molecule has 1 aromatic rings. The maximum atomic E-state index is 11.6. The first-order valence-electron chi connectivity index (χ1n) is 5.45. The Labute approximate surface area is 121 Å². The molecule has 4 nitrogen and oxygen atoms in total. The highest BCUT2D eigenvalue weighted by molar-refractivity contribution is 5.85. The van der Waals surface area contributed by atoms with E-state index in [0.717, 1.165) is 11.3 Å². The minimum Gasteiger partial charge on any atom is -0.351 e. The van der Waals surface area contributed by atoms with Gasteiger partial charge in [0.1, 0.15) is 0 Å². The molecule has 0 fully saturated rings. The van der Waals surface area contributed by atoms with Crippen molar-refractivity contribution in [2.45, 2.75) is 33.4 Å². The van der Waals surface area contributed by atoms with E-state index >= 15 is 0 Å². The maximum absolute atomic E-state index is 11.6. The SMILES string of the molecule is Cc1ccc(CNC(=O)[C@@H](N)C(C)C)cn1.Cl.Cl. The van der Waals surface area contributed by atoms with Crippen LogP contribution in [0.5, 0.6) is 0 Å². The second-order valence-corrected chi connectivity index (χ2v) is 4.30. The van der Waals surface area contributed by atoms with E-state index in [-0.39, 0.29) is 36.6 Å². The molecular formula is C12H21Cl2N3O. The van der Waals surface area contributed by atoms with Crippen LogP contribution in [0.15, 0.2) is 18.3 Å². The number of carbonyl (C=O) groups excluding carboxylic acids is 1. The summed E-state index contributed by atoms with van der Waals surface area (Å²) in [7, 11) is 0. The highest BCUT2D eigenvalue weighted by Gasteiger charge is 2.16. The number of nitrogens with two attached hydrogens (primary N) is 1. The lowest BCUT2D eigenvalue weighted by molar-refractivity contribution is -0.123. The monoisotopic (exact) mass is 293 g/mol. The van der Waals surface area contributed by atoms with Crippen molar-refractivity contribution in [2.75, 3.05) is 0 Å². The van der Waals surface area contributed by atoms with E-state index in [2.05, 4.69) is 10.3 Å². The molecule has 6 heteroatoms. The average Bonchev–Trinajstić information content (AvgIpc) is 2.26. The Bertz CT molecular complexity index is 355. The van der Waals surface area contributed by atoms with Gasteiger partial charge in [0.05, 0.1) is 6.04 Å². The number of hydrogen-bond acceptors (Lipinski definition) is 3. The molecule has 0 saturated carbocycles. The quantitative estimate of drug-likeness (QED) is 0.890. The summed E-state index contributed by atoms with van der Waals surface area (Å²) in [5.74, 6) is 0.0340. The van der Waals surface area contributed by atoms with Crippen LogP contribution in [-0.4, -0.2) is 16.9 Å². The van der Waals surface area contributed by atoms with Crippen LogP contribution >= 0.6 is 24.8 Å². The molecule has 1 aromatic heterocycles. The normalized spacial score (nSPS) is 11.2.